The molecule has 1 aliphatic heterocycles. The number of hydrogen-bond donors (Lipinski definition) is 1. The predicted molar refractivity (Wildman–Crippen MR) is 83.4 cm³/mol. The van der Waals surface area contributed by atoms with Gasteiger partial charge in [0.05, 0.1) is 16.8 Å². The van der Waals surface area contributed by atoms with Gasteiger partial charge in [0.2, 0.25) is 11.8 Å². The van der Waals surface area contributed by atoms with Crippen LogP contribution in [0.5, 0.6) is 0 Å². The Kier molecular flexibility index (Phi) is 5.85. The normalized spacial score (nSPS) is 21.6. The van der Waals surface area contributed by atoms with Gasteiger partial charge in [-0.05, 0) is 25.7 Å². The van der Waals surface area contributed by atoms with Crippen LogP contribution in [-0.2, 0) is 21.1 Å². The molecule has 1 aromatic rings. The van der Waals surface area contributed by atoms with E-state index in [4.69, 9.17) is 4.42 Å². The number of nitrogens with zero attached hydrogens (tertiary/aromatic N) is 2. The zero-order chi connectivity index (χ0) is 16.2. The Balaban J connectivity index is 1.85. The molecular weight excluding hydrogens is 326 g/mol. The third-order valence-electron chi connectivity index (χ3n) is 3.43. The van der Waals surface area contributed by atoms with Gasteiger partial charge in [0.15, 0.2) is 9.84 Å². The van der Waals surface area contributed by atoms with Crippen LogP contribution in [-0.4, -0.2) is 47.8 Å². The number of aromatic nitrogens is 2. The van der Waals surface area contributed by atoms with Crippen molar-refractivity contribution >= 4 is 27.5 Å². The number of carbonyl (C=O) groups is 1. The van der Waals surface area contributed by atoms with Gasteiger partial charge in [-0.1, -0.05) is 18.7 Å². The van der Waals surface area contributed by atoms with Crippen LogP contribution in [0.1, 0.15) is 32.6 Å². The van der Waals surface area contributed by atoms with Crippen molar-refractivity contribution in [1.82, 2.24) is 15.5 Å². The lowest BCUT2D eigenvalue weighted by molar-refractivity contribution is -0.120. The molecule has 2 rings (SSSR count). The maximum atomic E-state index is 11.8. The summed E-state index contributed by atoms with van der Waals surface area (Å²) in [5, 5.41) is 10.7. The summed E-state index contributed by atoms with van der Waals surface area (Å²) >= 11 is 1.21. The fourth-order valence-electron chi connectivity index (χ4n) is 2.24. The maximum Gasteiger partial charge on any atom is 0.277 e. The minimum atomic E-state index is -2.90. The molecule has 0 spiro atoms. The second-order valence-electron chi connectivity index (χ2n) is 5.49. The van der Waals surface area contributed by atoms with E-state index in [2.05, 4.69) is 15.5 Å². The van der Waals surface area contributed by atoms with Gasteiger partial charge in [0, 0.05) is 13.0 Å². The Morgan fingerprint density at radius 2 is 2.27 bits per heavy atom. The molecule has 0 aromatic carbocycles. The molecule has 2 atom stereocenters. The molecule has 0 saturated carbocycles. The Morgan fingerprint density at radius 1 is 1.50 bits per heavy atom. The minimum absolute atomic E-state index is 0.0496. The number of carbonyl (C=O) groups excluding carboxylic acids is 1. The van der Waals surface area contributed by atoms with Crippen molar-refractivity contribution in [2.24, 2.45) is 5.92 Å². The monoisotopic (exact) mass is 347 g/mol. The summed E-state index contributed by atoms with van der Waals surface area (Å²) in [6.07, 6.45) is 2.00. The van der Waals surface area contributed by atoms with Crippen molar-refractivity contribution in [1.29, 1.82) is 0 Å². The Hall–Kier alpha value is -1.09. The average Bonchev–Trinajstić information content (AvgIpc) is 3.02. The molecule has 1 aliphatic rings. The van der Waals surface area contributed by atoms with Gasteiger partial charge in [0.1, 0.15) is 0 Å². The fourth-order valence-corrected chi connectivity index (χ4v) is 4.83. The highest BCUT2D eigenvalue weighted by Gasteiger charge is 2.29. The van der Waals surface area contributed by atoms with E-state index in [9.17, 15) is 13.2 Å². The molecule has 9 heteroatoms. The maximum absolute atomic E-state index is 11.8. The van der Waals surface area contributed by atoms with Crippen LogP contribution in [0.15, 0.2) is 9.64 Å². The minimum Gasteiger partial charge on any atom is -0.416 e. The first-order chi connectivity index (χ1) is 10.4. The van der Waals surface area contributed by atoms with E-state index in [0.717, 1.165) is 6.42 Å². The topological polar surface area (TPSA) is 102 Å². The van der Waals surface area contributed by atoms with Crippen molar-refractivity contribution in [3.8, 4) is 0 Å². The molecule has 0 radical (unpaired) electrons. The summed E-state index contributed by atoms with van der Waals surface area (Å²) in [4.78, 5) is 11.8. The quantitative estimate of drug-likeness (QED) is 0.736. The average molecular weight is 347 g/mol. The van der Waals surface area contributed by atoms with E-state index in [1.54, 1.807) is 6.92 Å². The molecule has 1 saturated heterocycles. The molecule has 0 bridgehead atoms. The number of sulfone groups is 1. The summed E-state index contributed by atoms with van der Waals surface area (Å²) in [5.74, 6) is 0.850. The van der Waals surface area contributed by atoms with Crippen molar-refractivity contribution in [3.05, 3.63) is 5.89 Å². The SMILES string of the molecule is CCCNC(=O)[C@H](C)Sc1nnc(C[C@H]2CCS(=O)(=O)C2)o1. The van der Waals surface area contributed by atoms with Crippen LogP contribution in [0.4, 0.5) is 0 Å². The highest BCUT2D eigenvalue weighted by Crippen LogP contribution is 2.25. The lowest BCUT2D eigenvalue weighted by Crippen LogP contribution is -2.31. The molecular formula is C13H21N3O4S2. The van der Waals surface area contributed by atoms with E-state index < -0.39 is 9.84 Å². The van der Waals surface area contributed by atoms with Crippen LogP contribution in [0, 0.1) is 5.92 Å². The van der Waals surface area contributed by atoms with Crippen molar-refractivity contribution in [2.45, 2.75) is 43.6 Å². The van der Waals surface area contributed by atoms with Crippen LogP contribution < -0.4 is 5.32 Å². The lowest BCUT2D eigenvalue weighted by atomic mass is 10.1. The standard InChI is InChI=1S/C13H21N3O4S2/c1-3-5-14-12(17)9(2)21-13-16-15-11(20-13)7-10-4-6-22(18,19)8-10/h9-10H,3-8H2,1-2H3,(H,14,17)/t9-,10+/m0/s1. The van der Waals surface area contributed by atoms with E-state index >= 15 is 0 Å². The molecule has 1 aromatic heterocycles. The number of nitrogens with one attached hydrogen (secondary N) is 1. The second kappa shape index (κ2) is 7.45. The third-order valence-corrected chi connectivity index (χ3v) is 6.21. The van der Waals surface area contributed by atoms with Gasteiger partial charge in [-0.3, -0.25) is 4.79 Å². The number of amides is 1. The first-order valence-corrected chi connectivity index (χ1v) is 10.1. The van der Waals surface area contributed by atoms with Crippen LogP contribution in [0.25, 0.3) is 0 Å². The summed E-state index contributed by atoms with van der Waals surface area (Å²) in [7, 11) is -2.90. The van der Waals surface area contributed by atoms with Gasteiger partial charge in [-0.2, -0.15) is 0 Å². The van der Waals surface area contributed by atoms with Crippen LogP contribution in [0.3, 0.4) is 0 Å². The zero-order valence-corrected chi connectivity index (χ0v) is 14.4. The van der Waals surface area contributed by atoms with Crippen LogP contribution in [0.2, 0.25) is 0 Å². The van der Waals surface area contributed by atoms with Crippen molar-refractivity contribution in [3.63, 3.8) is 0 Å². The Morgan fingerprint density at radius 3 is 2.91 bits per heavy atom. The van der Waals surface area contributed by atoms with Gasteiger partial charge in [0.25, 0.3) is 5.22 Å². The van der Waals surface area contributed by atoms with Gasteiger partial charge in [-0.25, -0.2) is 8.42 Å². The summed E-state index contributed by atoms with van der Waals surface area (Å²) in [6, 6.07) is 0. The molecule has 1 N–H and O–H groups in total. The molecule has 2 heterocycles. The van der Waals surface area contributed by atoms with Crippen LogP contribution >= 0.6 is 11.8 Å². The van der Waals surface area contributed by atoms with E-state index in [1.165, 1.54) is 11.8 Å². The molecule has 124 valence electrons. The van der Waals surface area contributed by atoms with E-state index in [1.807, 2.05) is 6.92 Å². The summed E-state index contributed by atoms with van der Waals surface area (Å²) in [6.45, 7) is 4.42. The Bertz CT molecular complexity index is 615. The summed E-state index contributed by atoms with van der Waals surface area (Å²) < 4.78 is 28.4. The van der Waals surface area contributed by atoms with Crippen molar-refractivity contribution < 1.29 is 17.6 Å². The second-order valence-corrected chi connectivity index (χ2v) is 9.01. The number of thioether (sulfide) groups is 1. The molecule has 0 aliphatic carbocycles. The number of rotatable bonds is 7. The molecule has 1 fully saturated rings. The highest BCUT2D eigenvalue weighted by atomic mass is 32.2. The third kappa shape index (κ3) is 4.98. The molecule has 1 amide bonds. The summed E-state index contributed by atoms with van der Waals surface area (Å²) in [5.41, 5.74) is 0. The smallest absolute Gasteiger partial charge is 0.277 e. The first kappa shape index (κ1) is 17.3. The van der Waals surface area contributed by atoms with Gasteiger partial charge < -0.3 is 9.73 Å². The molecule has 22 heavy (non-hydrogen) atoms. The predicted octanol–water partition coefficient (Wildman–Crippen LogP) is 1.05. The molecule has 7 nitrogen and oxygen atoms in total. The van der Waals surface area contributed by atoms with E-state index in [-0.39, 0.29) is 28.6 Å². The first-order valence-electron chi connectivity index (χ1n) is 7.37. The lowest BCUT2D eigenvalue weighted by Gasteiger charge is -2.08. The highest BCUT2D eigenvalue weighted by molar-refractivity contribution is 8.00. The van der Waals surface area contributed by atoms with Gasteiger partial charge in [-0.15, -0.1) is 10.2 Å². The molecule has 0 unspecified atom stereocenters. The number of hydrogen-bond acceptors (Lipinski definition) is 7. The zero-order valence-electron chi connectivity index (χ0n) is 12.7. The largest absolute Gasteiger partial charge is 0.416 e. The fraction of sp³-hybridized carbons (Fsp3) is 0.769. The van der Waals surface area contributed by atoms with E-state index in [0.29, 0.717) is 30.5 Å². The van der Waals surface area contributed by atoms with Crippen molar-refractivity contribution in [2.75, 3.05) is 18.1 Å². The Labute approximate surface area is 134 Å². The van der Waals surface area contributed by atoms with Gasteiger partial charge >= 0.3 is 0 Å².